The van der Waals surface area contributed by atoms with Crippen molar-refractivity contribution in [2.24, 2.45) is 0 Å². The van der Waals surface area contributed by atoms with Crippen molar-refractivity contribution in [3.63, 3.8) is 0 Å². The van der Waals surface area contributed by atoms with Gasteiger partial charge in [0.2, 0.25) is 0 Å². The van der Waals surface area contributed by atoms with E-state index in [1.54, 1.807) is 24.7 Å². The molecule has 0 fully saturated rings. The number of furan rings is 2. The number of nitrogens with zero attached hydrogens (tertiary/aromatic N) is 2. The second kappa shape index (κ2) is 4.70. The number of amides is 1. The molecule has 1 aliphatic heterocycles. The Kier molecular flexibility index (Phi) is 2.70. The molecule has 0 aliphatic carbocycles. The zero-order chi connectivity index (χ0) is 14.2. The Balaban J connectivity index is 1.78. The second-order valence-corrected chi connectivity index (χ2v) is 5.06. The molecule has 5 nitrogen and oxygen atoms in total. The Morgan fingerprint density at radius 2 is 2.10 bits per heavy atom. The Morgan fingerprint density at radius 1 is 1.14 bits per heavy atom. The van der Waals surface area contributed by atoms with Crippen molar-refractivity contribution in [2.75, 3.05) is 6.54 Å². The van der Waals surface area contributed by atoms with Crippen LogP contribution in [0.4, 0.5) is 0 Å². The number of hydrogen-bond donors (Lipinski definition) is 0. The molecule has 106 valence electrons. The van der Waals surface area contributed by atoms with Crippen LogP contribution in [-0.4, -0.2) is 21.9 Å². The van der Waals surface area contributed by atoms with Gasteiger partial charge in [0.05, 0.1) is 18.8 Å². The predicted octanol–water partition coefficient (Wildman–Crippen LogP) is 2.92. The van der Waals surface area contributed by atoms with Gasteiger partial charge in [0.1, 0.15) is 6.04 Å². The molecule has 4 rings (SSSR count). The molecule has 0 spiro atoms. The van der Waals surface area contributed by atoms with Crippen LogP contribution < -0.4 is 0 Å². The minimum atomic E-state index is -0.148. The summed E-state index contributed by atoms with van der Waals surface area (Å²) in [5, 5.41) is 0. The Labute approximate surface area is 121 Å². The number of fused-ring (bicyclic) bond motifs is 1. The number of carbonyl (C=O) groups excluding carboxylic acids is 1. The summed E-state index contributed by atoms with van der Waals surface area (Å²) in [6.07, 6.45) is 6.88. The van der Waals surface area contributed by atoms with E-state index < -0.39 is 0 Å². The van der Waals surface area contributed by atoms with Crippen molar-refractivity contribution < 1.29 is 13.6 Å². The van der Waals surface area contributed by atoms with E-state index in [1.165, 1.54) is 6.26 Å². The van der Waals surface area contributed by atoms with Gasteiger partial charge in [-0.2, -0.15) is 0 Å². The van der Waals surface area contributed by atoms with Gasteiger partial charge in [-0.25, -0.2) is 0 Å². The molecule has 0 radical (unpaired) electrons. The van der Waals surface area contributed by atoms with E-state index in [-0.39, 0.29) is 11.9 Å². The van der Waals surface area contributed by atoms with E-state index in [0.717, 1.165) is 17.8 Å². The number of carbonyl (C=O) groups is 1. The van der Waals surface area contributed by atoms with E-state index in [9.17, 15) is 4.79 Å². The summed E-state index contributed by atoms with van der Waals surface area (Å²) in [5.74, 6) is 0.266. The second-order valence-electron chi connectivity index (χ2n) is 5.06. The van der Waals surface area contributed by atoms with Crippen molar-refractivity contribution in [2.45, 2.75) is 12.6 Å². The molecule has 3 aromatic heterocycles. The molecule has 3 aromatic rings. The van der Waals surface area contributed by atoms with E-state index in [2.05, 4.69) is 4.57 Å². The summed E-state index contributed by atoms with van der Waals surface area (Å²) in [4.78, 5) is 14.5. The Hall–Kier alpha value is -2.69. The fourth-order valence-electron chi connectivity index (χ4n) is 2.93. The van der Waals surface area contributed by atoms with Crippen molar-refractivity contribution >= 4 is 5.91 Å². The predicted molar refractivity (Wildman–Crippen MR) is 74.7 cm³/mol. The van der Waals surface area contributed by atoms with Crippen LogP contribution in [0.3, 0.4) is 0 Å². The molecule has 0 saturated heterocycles. The molecule has 0 aromatic carbocycles. The molecule has 21 heavy (non-hydrogen) atoms. The SMILES string of the molecule is O=C(c1ccco1)N1CCn2cccc2[C@H]1c1ccoc1. The van der Waals surface area contributed by atoms with Crippen LogP contribution in [0.25, 0.3) is 0 Å². The lowest BCUT2D eigenvalue weighted by Crippen LogP contribution is -2.42. The molecule has 1 aliphatic rings. The first-order valence-corrected chi connectivity index (χ1v) is 6.86. The van der Waals surface area contributed by atoms with Crippen LogP contribution >= 0.6 is 0 Å². The van der Waals surface area contributed by atoms with Gasteiger partial charge in [-0.1, -0.05) is 0 Å². The van der Waals surface area contributed by atoms with Crippen LogP contribution in [0.2, 0.25) is 0 Å². The largest absolute Gasteiger partial charge is 0.472 e. The first-order valence-electron chi connectivity index (χ1n) is 6.86. The fraction of sp³-hybridized carbons (Fsp3) is 0.188. The van der Waals surface area contributed by atoms with Crippen LogP contribution in [0.1, 0.15) is 27.9 Å². The van der Waals surface area contributed by atoms with E-state index >= 15 is 0 Å². The van der Waals surface area contributed by atoms with E-state index in [1.807, 2.05) is 29.3 Å². The maximum Gasteiger partial charge on any atom is 0.290 e. The molecular formula is C16H14N2O3. The number of aromatic nitrogens is 1. The quantitative estimate of drug-likeness (QED) is 0.726. The highest BCUT2D eigenvalue weighted by Crippen LogP contribution is 2.33. The van der Waals surface area contributed by atoms with Gasteiger partial charge in [0.15, 0.2) is 5.76 Å². The maximum atomic E-state index is 12.7. The first-order chi connectivity index (χ1) is 10.3. The van der Waals surface area contributed by atoms with Crippen molar-refractivity contribution in [1.82, 2.24) is 9.47 Å². The van der Waals surface area contributed by atoms with Crippen LogP contribution in [0.15, 0.2) is 64.2 Å². The Morgan fingerprint density at radius 3 is 2.86 bits per heavy atom. The number of rotatable bonds is 2. The van der Waals surface area contributed by atoms with Gasteiger partial charge in [0.25, 0.3) is 5.91 Å². The standard InChI is InChI=1S/C16H14N2O3/c19-16(14-4-2-9-21-14)18-8-7-17-6-1-3-13(17)15(18)12-5-10-20-11-12/h1-6,9-11,15H,7-8H2/t15-/m1/s1. The zero-order valence-corrected chi connectivity index (χ0v) is 11.3. The molecule has 0 saturated carbocycles. The summed E-state index contributed by atoms with van der Waals surface area (Å²) < 4.78 is 12.6. The van der Waals surface area contributed by atoms with Crippen LogP contribution in [0.5, 0.6) is 0 Å². The van der Waals surface area contributed by atoms with Gasteiger partial charge in [-0.15, -0.1) is 0 Å². The first kappa shape index (κ1) is 12.1. The molecule has 0 N–H and O–H groups in total. The summed E-state index contributed by atoms with van der Waals surface area (Å²) in [6, 6.07) is 9.22. The van der Waals surface area contributed by atoms with Crippen LogP contribution in [0, 0.1) is 0 Å². The van der Waals surface area contributed by atoms with Crippen LogP contribution in [-0.2, 0) is 6.54 Å². The number of hydrogen-bond acceptors (Lipinski definition) is 3. The molecule has 5 heteroatoms. The van der Waals surface area contributed by atoms with Crippen molar-refractivity contribution in [3.8, 4) is 0 Å². The lowest BCUT2D eigenvalue weighted by molar-refractivity contribution is 0.0631. The van der Waals surface area contributed by atoms with E-state index in [0.29, 0.717) is 12.3 Å². The third-order valence-corrected chi connectivity index (χ3v) is 3.89. The fourth-order valence-corrected chi connectivity index (χ4v) is 2.93. The average molecular weight is 282 g/mol. The summed E-state index contributed by atoms with van der Waals surface area (Å²) in [6.45, 7) is 1.42. The topological polar surface area (TPSA) is 51.5 Å². The molecule has 1 atom stereocenters. The van der Waals surface area contributed by atoms with Crippen molar-refractivity contribution in [3.05, 3.63) is 72.3 Å². The van der Waals surface area contributed by atoms with Gasteiger partial charge in [0, 0.05) is 30.5 Å². The summed E-state index contributed by atoms with van der Waals surface area (Å²) >= 11 is 0. The maximum absolute atomic E-state index is 12.7. The minimum Gasteiger partial charge on any atom is -0.472 e. The molecule has 1 amide bonds. The van der Waals surface area contributed by atoms with E-state index in [4.69, 9.17) is 8.83 Å². The lowest BCUT2D eigenvalue weighted by atomic mass is 10.0. The highest BCUT2D eigenvalue weighted by atomic mass is 16.3. The highest BCUT2D eigenvalue weighted by Gasteiger charge is 2.34. The highest BCUT2D eigenvalue weighted by molar-refractivity contribution is 5.92. The molecule has 0 bridgehead atoms. The van der Waals surface area contributed by atoms with Gasteiger partial charge in [-0.05, 0) is 30.3 Å². The third kappa shape index (κ3) is 1.89. The molecule has 0 unspecified atom stereocenters. The van der Waals surface area contributed by atoms with Gasteiger partial charge in [-0.3, -0.25) is 4.79 Å². The summed E-state index contributed by atoms with van der Waals surface area (Å²) in [7, 11) is 0. The van der Waals surface area contributed by atoms with Crippen molar-refractivity contribution in [1.29, 1.82) is 0 Å². The molecule has 4 heterocycles. The minimum absolute atomic E-state index is 0.0985. The summed E-state index contributed by atoms with van der Waals surface area (Å²) in [5.41, 5.74) is 2.05. The normalized spacial score (nSPS) is 17.7. The lowest BCUT2D eigenvalue weighted by Gasteiger charge is -2.36. The van der Waals surface area contributed by atoms with Gasteiger partial charge >= 0.3 is 0 Å². The van der Waals surface area contributed by atoms with Gasteiger partial charge < -0.3 is 18.3 Å². The molecular weight excluding hydrogens is 268 g/mol. The Bertz CT molecular complexity index is 740. The smallest absolute Gasteiger partial charge is 0.290 e. The zero-order valence-electron chi connectivity index (χ0n) is 11.3. The monoisotopic (exact) mass is 282 g/mol. The third-order valence-electron chi connectivity index (χ3n) is 3.89. The average Bonchev–Trinajstić information content (AvgIpc) is 3.25.